The van der Waals surface area contributed by atoms with Gasteiger partial charge in [-0.1, -0.05) is 5.10 Å². The second-order valence-electron chi connectivity index (χ2n) is 4.84. The topological polar surface area (TPSA) is 88.3 Å². The molecule has 0 amide bonds. The Kier molecular flexibility index (Phi) is 3.79. The van der Waals surface area contributed by atoms with E-state index in [0.717, 1.165) is 0 Å². The number of morpholine rings is 1. The Hall–Kier alpha value is -1.25. The van der Waals surface area contributed by atoms with E-state index >= 15 is 0 Å². The van der Waals surface area contributed by atoms with Gasteiger partial charge in [0.25, 0.3) is 0 Å². The molecule has 0 radical (unpaired) electrons. The van der Waals surface area contributed by atoms with E-state index in [9.17, 15) is 5.11 Å². The molecule has 1 fully saturated rings. The van der Waals surface area contributed by atoms with Crippen molar-refractivity contribution >= 4 is 5.95 Å². The highest BCUT2D eigenvalue weighted by Crippen LogP contribution is 2.22. The summed E-state index contributed by atoms with van der Waals surface area (Å²) in [6.07, 6.45) is 0. The highest BCUT2D eigenvalue weighted by Gasteiger charge is 2.40. The van der Waals surface area contributed by atoms with Gasteiger partial charge in [-0.15, -0.1) is 0 Å². The van der Waals surface area contributed by atoms with E-state index in [1.165, 1.54) is 0 Å². The van der Waals surface area contributed by atoms with Crippen LogP contribution in [-0.2, 0) is 11.8 Å². The van der Waals surface area contributed by atoms with Crippen molar-refractivity contribution in [3.8, 4) is 0 Å². The van der Waals surface area contributed by atoms with Crippen LogP contribution in [0.2, 0.25) is 0 Å². The highest BCUT2D eigenvalue weighted by molar-refractivity contribution is 5.23. The molecule has 102 valence electrons. The second-order valence-corrected chi connectivity index (χ2v) is 4.84. The van der Waals surface area contributed by atoms with Crippen molar-refractivity contribution < 1.29 is 9.84 Å². The molecule has 2 N–H and O–H groups in total. The van der Waals surface area contributed by atoms with Crippen molar-refractivity contribution in [2.24, 2.45) is 7.05 Å². The lowest BCUT2D eigenvalue weighted by Gasteiger charge is -2.47. The zero-order valence-corrected chi connectivity index (χ0v) is 11.0. The van der Waals surface area contributed by atoms with Gasteiger partial charge in [-0.05, 0) is 24.4 Å². The Balaban J connectivity index is 2.06. The molecule has 1 aliphatic rings. The molecule has 0 bridgehead atoms. The maximum Gasteiger partial charge on any atom is 0.242 e. The van der Waals surface area contributed by atoms with Gasteiger partial charge >= 0.3 is 0 Å². The monoisotopic (exact) mass is 256 g/mol. The lowest BCUT2D eigenvalue weighted by atomic mass is 9.96. The second kappa shape index (κ2) is 5.17. The number of aliphatic hydroxyl groups is 1. The molecule has 1 saturated heterocycles. The van der Waals surface area contributed by atoms with Crippen molar-refractivity contribution in [2.75, 3.05) is 38.7 Å². The van der Waals surface area contributed by atoms with Crippen molar-refractivity contribution in [1.29, 1.82) is 0 Å². The lowest BCUT2D eigenvalue weighted by molar-refractivity contribution is -0.101. The van der Waals surface area contributed by atoms with Gasteiger partial charge in [0.05, 0.1) is 25.4 Å². The average molecular weight is 256 g/mol. The first-order valence-corrected chi connectivity index (χ1v) is 5.97. The number of rotatable bonds is 4. The third-order valence-corrected chi connectivity index (χ3v) is 3.63. The quantitative estimate of drug-likeness (QED) is 0.692. The maximum absolute atomic E-state index is 9.71. The minimum atomic E-state index is -0.441. The fourth-order valence-electron chi connectivity index (χ4n) is 2.11. The van der Waals surface area contributed by atoms with Crippen molar-refractivity contribution in [1.82, 2.24) is 25.1 Å². The normalized spacial score (nSPS) is 29.4. The predicted octanol–water partition coefficient (Wildman–Crippen LogP) is -1.30. The van der Waals surface area contributed by atoms with Gasteiger partial charge < -0.3 is 15.2 Å². The zero-order valence-electron chi connectivity index (χ0n) is 11.0. The summed E-state index contributed by atoms with van der Waals surface area (Å²) in [5.74, 6) is 0.578. The van der Waals surface area contributed by atoms with E-state index in [1.807, 2.05) is 7.05 Å². The summed E-state index contributed by atoms with van der Waals surface area (Å²) in [5, 5.41) is 24.0. The first kappa shape index (κ1) is 13.2. The number of aliphatic hydroxyl groups excluding tert-OH is 1. The molecule has 8 nitrogen and oxygen atoms in total. The molecule has 8 heteroatoms. The number of nitrogens with one attached hydrogen (secondary N) is 1. The largest absolute Gasteiger partial charge is 0.394 e. The van der Waals surface area contributed by atoms with Crippen LogP contribution in [0.4, 0.5) is 5.95 Å². The third-order valence-electron chi connectivity index (χ3n) is 3.63. The van der Waals surface area contributed by atoms with Crippen LogP contribution < -0.4 is 5.32 Å². The van der Waals surface area contributed by atoms with E-state index in [0.29, 0.717) is 25.7 Å². The van der Waals surface area contributed by atoms with Crippen LogP contribution in [-0.4, -0.2) is 75.2 Å². The first-order chi connectivity index (χ1) is 8.59. The van der Waals surface area contributed by atoms with Crippen LogP contribution in [0.3, 0.4) is 0 Å². The van der Waals surface area contributed by atoms with E-state index < -0.39 is 5.54 Å². The predicted molar refractivity (Wildman–Crippen MR) is 65.1 cm³/mol. The van der Waals surface area contributed by atoms with Crippen LogP contribution in [0.1, 0.15) is 6.92 Å². The lowest BCUT2D eigenvalue weighted by Crippen LogP contribution is -2.64. The minimum Gasteiger partial charge on any atom is -0.394 e. The molecule has 1 aliphatic heterocycles. The Bertz CT molecular complexity index is 397. The Morgan fingerprint density at radius 2 is 2.33 bits per heavy atom. The van der Waals surface area contributed by atoms with Gasteiger partial charge in [-0.3, -0.25) is 4.90 Å². The molecule has 18 heavy (non-hydrogen) atoms. The van der Waals surface area contributed by atoms with Crippen molar-refractivity contribution in [3.05, 3.63) is 0 Å². The van der Waals surface area contributed by atoms with Gasteiger partial charge in [-0.25, -0.2) is 4.68 Å². The van der Waals surface area contributed by atoms with Crippen LogP contribution in [0.25, 0.3) is 0 Å². The van der Waals surface area contributed by atoms with Crippen molar-refractivity contribution in [2.45, 2.75) is 18.5 Å². The number of anilines is 1. The van der Waals surface area contributed by atoms with Gasteiger partial charge in [0.1, 0.15) is 0 Å². The number of likely N-dealkylation sites (N-methyl/N-ethyl adjacent to an activating group) is 1. The van der Waals surface area contributed by atoms with E-state index in [2.05, 4.69) is 32.7 Å². The molecule has 2 atom stereocenters. The van der Waals surface area contributed by atoms with E-state index in [-0.39, 0.29) is 12.6 Å². The fraction of sp³-hybridized carbons (Fsp3) is 0.900. The molecule has 0 spiro atoms. The van der Waals surface area contributed by atoms with Crippen LogP contribution in [0.15, 0.2) is 0 Å². The van der Waals surface area contributed by atoms with E-state index in [1.54, 1.807) is 11.7 Å². The SMILES string of the molecule is C[C@@H]1COC[C@@](CO)(CNc2nnnn2C)N1C. The molecular formula is C10H20N6O2. The molecule has 1 aromatic rings. The zero-order chi connectivity index (χ0) is 13.2. The van der Waals surface area contributed by atoms with Gasteiger partial charge in [-0.2, -0.15) is 0 Å². The summed E-state index contributed by atoms with van der Waals surface area (Å²) in [5.41, 5.74) is -0.441. The van der Waals surface area contributed by atoms with Crippen LogP contribution in [0, 0.1) is 0 Å². The molecule has 0 aliphatic carbocycles. The smallest absolute Gasteiger partial charge is 0.242 e. The van der Waals surface area contributed by atoms with Gasteiger partial charge in [0.15, 0.2) is 0 Å². The molecule has 2 heterocycles. The summed E-state index contributed by atoms with van der Waals surface area (Å²) >= 11 is 0. The number of ether oxygens (including phenoxy) is 1. The number of hydrogen-bond donors (Lipinski definition) is 2. The number of hydrogen-bond acceptors (Lipinski definition) is 7. The molecule has 2 rings (SSSR count). The summed E-state index contributed by atoms with van der Waals surface area (Å²) in [4.78, 5) is 2.15. The van der Waals surface area contributed by atoms with Gasteiger partial charge in [0.2, 0.25) is 5.95 Å². The highest BCUT2D eigenvalue weighted by atomic mass is 16.5. The molecule has 1 aromatic heterocycles. The number of nitrogens with zero attached hydrogens (tertiary/aromatic N) is 5. The standard InChI is InChI=1S/C10H20N6O2/c1-8-4-18-7-10(6-17,15(8)2)5-11-9-12-13-14-16(9)3/h8,17H,4-7H2,1-3H3,(H,11,12,14)/t8-,10+/m1/s1. The van der Waals surface area contributed by atoms with E-state index in [4.69, 9.17) is 4.74 Å². The Morgan fingerprint density at radius 1 is 1.56 bits per heavy atom. The molecular weight excluding hydrogens is 236 g/mol. The number of tetrazole rings is 1. The minimum absolute atomic E-state index is 0.0200. The van der Waals surface area contributed by atoms with Crippen LogP contribution >= 0.6 is 0 Å². The molecule has 0 unspecified atom stereocenters. The third kappa shape index (κ3) is 2.31. The summed E-state index contributed by atoms with van der Waals surface area (Å²) in [6.45, 7) is 3.80. The Labute approximate surface area is 106 Å². The first-order valence-electron chi connectivity index (χ1n) is 5.97. The molecule has 0 saturated carbocycles. The average Bonchev–Trinajstić information content (AvgIpc) is 2.77. The maximum atomic E-state index is 9.71. The summed E-state index contributed by atoms with van der Waals surface area (Å²) < 4.78 is 7.11. The Morgan fingerprint density at radius 3 is 2.94 bits per heavy atom. The number of aromatic nitrogens is 4. The van der Waals surface area contributed by atoms with Crippen molar-refractivity contribution in [3.63, 3.8) is 0 Å². The van der Waals surface area contributed by atoms with Crippen LogP contribution in [0.5, 0.6) is 0 Å². The molecule has 0 aromatic carbocycles. The fourth-order valence-corrected chi connectivity index (χ4v) is 2.11. The number of aryl methyl sites for hydroxylation is 1. The summed E-state index contributed by atoms with van der Waals surface area (Å²) in [6, 6.07) is 0.269. The summed E-state index contributed by atoms with van der Waals surface area (Å²) in [7, 11) is 3.76. The van der Waals surface area contributed by atoms with Gasteiger partial charge in [0, 0.05) is 19.6 Å².